The molecule has 3 aromatic rings. The monoisotopic (exact) mass is 331 g/mol. The normalized spacial score (nSPS) is 14.3. The molecule has 0 unspecified atom stereocenters. The van der Waals surface area contributed by atoms with Crippen molar-refractivity contribution in [1.29, 1.82) is 5.26 Å². The lowest BCUT2D eigenvalue weighted by Gasteiger charge is -2.28. The third-order valence-electron chi connectivity index (χ3n) is 4.37. The number of anilines is 1. The molecule has 1 fully saturated rings. The topological polar surface area (TPSA) is 77.8 Å². The molecular formula is C19H17N5O. The number of aromatic nitrogens is 3. The molecular weight excluding hydrogens is 314 g/mol. The maximum Gasteiger partial charge on any atom is 0.190 e. The van der Waals surface area contributed by atoms with E-state index < -0.39 is 0 Å². The predicted molar refractivity (Wildman–Crippen MR) is 95.0 cm³/mol. The fourth-order valence-electron chi connectivity index (χ4n) is 3.04. The van der Waals surface area contributed by atoms with Crippen LogP contribution in [0.1, 0.15) is 5.69 Å². The highest BCUT2D eigenvalue weighted by atomic mass is 16.5. The van der Waals surface area contributed by atoms with Crippen LogP contribution < -0.4 is 4.90 Å². The minimum Gasteiger partial charge on any atom is -0.378 e. The Balaban J connectivity index is 1.62. The van der Waals surface area contributed by atoms with Crippen molar-refractivity contribution in [3.63, 3.8) is 0 Å². The summed E-state index contributed by atoms with van der Waals surface area (Å²) in [5, 5.41) is 19.6. The lowest BCUT2D eigenvalue weighted by Crippen LogP contribution is -2.36. The molecule has 0 saturated carbocycles. The molecule has 1 aromatic heterocycles. The molecule has 2 aromatic carbocycles. The Hall–Kier alpha value is -3.17. The van der Waals surface area contributed by atoms with Crippen molar-refractivity contribution >= 4 is 5.69 Å². The zero-order valence-electron chi connectivity index (χ0n) is 13.6. The van der Waals surface area contributed by atoms with Crippen LogP contribution in [0.25, 0.3) is 22.4 Å². The van der Waals surface area contributed by atoms with Crippen molar-refractivity contribution in [3.05, 3.63) is 54.2 Å². The van der Waals surface area contributed by atoms with Crippen molar-refractivity contribution in [1.82, 2.24) is 15.4 Å². The zero-order chi connectivity index (χ0) is 17.1. The third-order valence-corrected chi connectivity index (χ3v) is 4.37. The summed E-state index contributed by atoms with van der Waals surface area (Å²) in [6, 6.07) is 18.6. The first-order valence-electron chi connectivity index (χ1n) is 8.19. The van der Waals surface area contributed by atoms with Gasteiger partial charge in [-0.1, -0.05) is 30.3 Å². The molecule has 2 heterocycles. The van der Waals surface area contributed by atoms with Crippen LogP contribution in [0.15, 0.2) is 48.5 Å². The highest BCUT2D eigenvalue weighted by molar-refractivity contribution is 5.74. The maximum absolute atomic E-state index is 9.12. The molecule has 0 aliphatic carbocycles. The molecule has 0 amide bonds. The number of nitriles is 1. The minimum absolute atomic E-state index is 0.305. The van der Waals surface area contributed by atoms with Gasteiger partial charge in [0.2, 0.25) is 0 Å². The van der Waals surface area contributed by atoms with E-state index in [2.05, 4.69) is 56.7 Å². The number of benzene rings is 2. The summed E-state index contributed by atoms with van der Waals surface area (Å²) < 4.78 is 5.40. The van der Waals surface area contributed by atoms with Gasteiger partial charge >= 0.3 is 0 Å². The Bertz CT molecular complexity index is 904. The van der Waals surface area contributed by atoms with Crippen molar-refractivity contribution in [2.24, 2.45) is 0 Å². The standard InChI is InChI=1S/C19H17N5O/c20-13-18-19(22-23-21-18)16-3-1-2-15(12-16)14-4-6-17(7-5-14)24-8-10-25-11-9-24/h1-7,12H,8-11H2,(H,21,22,23). The van der Waals surface area contributed by atoms with E-state index in [9.17, 15) is 0 Å². The molecule has 6 nitrogen and oxygen atoms in total. The summed E-state index contributed by atoms with van der Waals surface area (Å²) >= 11 is 0. The Morgan fingerprint density at radius 2 is 1.72 bits per heavy atom. The van der Waals surface area contributed by atoms with E-state index in [0.717, 1.165) is 43.0 Å². The molecule has 4 rings (SSSR count). The summed E-state index contributed by atoms with van der Waals surface area (Å²) in [6.45, 7) is 3.42. The van der Waals surface area contributed by atoms with Gasteiger partial charge < -0.3 is 9.64 Å². The largest absolute Gasteiger partial charge is 0.378 e. The lowest BCUT2D eigenvalue weighted by atomic mass is 10.0. The van der Waals surface area contributed by atoms with Crippen LogP contribution >= 0.6 is 0 Å². The number of hydrogen-bond donors (Lipinski definition) is 1. The van der Waals surface area contributed by atoms with Crippen LogP contribution in [0.3, 0.4) is 0 Å². The highest BCUT2D eigenvalue weighted by Crippen LogP contribution is 2.28. The maximum atomic E-state index is 9.12. The molecule has 124 valence electrons. The summed E-state index contributed by atoms with van der Waals surface area (Å²) in [5.41, 5.74) is 5.18. The van der Waals surface area contributed by atoms with E-state index in [1.807, 2.05) is 18.2 Å². The van der Waals surface area contributed by atoms with Crippen LogP contribution in [0.4, 0.5) is 5.69 Å². The smallest absolute Gasteiger partial charge is 0.190 e. The fraction of sp³-hybridized carbons (Fsp3) is 0.211. The average Bonchev–Trinajstić information content (AvgIpc) is 3.18. The first-order valence-corrected chi connectivity index (χ1v) is 8.19. The van der Waals surface area contributed by atoms with Crippen LogP contribution in [-0.4, -0.2) is 41.7 Å². The molecule has 1 aliphatic rings. The van der Waals surface area contributed by atoms with Gasteiger partial charge in [-0.2, -0.15) is 15.6 Å². The molecule has 0 radical (unpaired) electrons. The molecule has 0 spiro atoms. The second-order valence-electron chi connectivity index (χ2n) is 5.86. The van der Waals surface area contributed by atoms with Gasteiger partial charge in [0, 0.05) is 24.3 Å². The van der Waals surface area contributed by atoms with Gasteiger partial charge in [0.15, 0.2) is 5.69 Å². The molecule has 25 heavy (non-hydrogen) atoms. The van der Waals surface area contributed by atoms with E-state index in [1.165, 1.54) is 5.69 Å². The van der Waals surface area contributed by atoms with E-state index in [1.54, 1.807) is 0 Å². The van der Waals surface area contributed by atoms with Crippen LogP contribution in [0.2, 0.25) is 0 Å². The molecule has 1 N–H and O–H groups in total. The van der Waals surface area contributed by atoms with Crippen molar-refractivity contribution in [3.8, 4) is 28.5 Å². The van der Waals surface area contributed by atoms with Gasteiger partial charge in [-0.15, -0.1) is 5.10 Å². The number of rotatable bonds is 3. The van der Waals surface area contributed by atoms with Gasteiger partial charge in [-0.3, -0.25) is 0 Å². The summed E-state index contributed by atoms with van der Waals surface area (Å²) in [6.07, 6.45) is 0. The Morgan fingerprint density at radius 1 is 0.960 bits per heavy atom. The summed E-state index contributed by atoms with van der Waals surface area (Å²) in [4.78, 5) is 2.33. The number of nitrogens with one attached hydrogen (secondary N) is 1. The van der Waals surface area contributed by atoms with Gasteiger partial charge in [0.1, 0.15) is 11.8 Å². The number of ether oxygens (including phenoxy) is 1. The second kappa shape index (κ2) is 6.75. The third kappa shape index (κ3) is 3.10. The molecule has 1 saturated heterocycles. The summed E-state index contributed by atoms with van der Waals surface area (Å²) in [7, 11) is 0. The number of H-pyrrole nitrogens is 1. The number of morpholine rings is 1. The predicted octanol–water partition coefficient (Wildman–Crippen LogP) is 2.85. The summed E-state index contributed by atoms with van der Waals surface area (Å²) in [5.74, 6) is 0. The highest BCUT2D eigenvalue weighted by Gasteiger charge is 2.12. The van der Waals surface area contributed by atoms with Crippen LogP contribution in [0, 0.1) is 11.3 Å². The van der Waals surface area contributed by atoms with Gasteiger partial charge in [-0.25, -0.2) is 0 Å². The van der Waals surface area contributed by atoms with Gasteiger partial charge in [0.25, 0.3) is 0 Å². The quantitative estimate of drug-likeness (QED) is 0.798. The van der Waals surface area contributed by atoms with Crippen molar-refractivity contribution in [2.75, 3.05) is 31.2 Å². The average molecular weight is 331 g/mol. The number of hydrogen-bond acceptors (Lipinski definition) is 5. The molecule has 0 atom stereocenters. The van der Waals surface area contributed by atoms with Crippen molar-refractivity contribution in [2.45, 2.75) is 0 Å². The van der Waals surface area contributed by atoms with Crippen molar-refractivity contribution < 1.29 is 4.74 Å². The van der Waals surface area contributed by atoms with E-state index in [0.29, 0.717) is 11.4 Å². The number of nitrogens with zero attached hydrogens (tertiary/aromatic N) is 4. The first-order chi connectivity index (χ1) is 12.3. The molecule has 0 bridgehead atoms. The fourth-order valence-corrected chi connectivity index (χ4v) is 3.04. The van der Waals surface area contributed by atoms with E-state index in [-0.39, 0.29) is 0 Å². The van der Waals surface area contributed by atoms with E-state index in [4.69, 9.17) is 10.00 Å². The molecule has 1 aliphatic heterocycles. The number of aromatic amines is 1. The first kappa shape index (κ1) is 15.4. The lowest BCUT2D eigenvalue weighted by molar-refractivity contribution is 0.122. The van der Waals surface area contributed by atoms with Gasteiger partial charge in [-0.05, 0) is 29.3 Å². The minimum atomic E-state index is 0.305. The zero-order valence-corrected chi connectivity index (χ0v) is 13.6. The van der Waals surface area contributed by atoms with Crippen LogP contribution in [0.5, 0.6) is 0 Å². The molecule has 6 heteroatoms. The Labute approximate surface area is 145 Å². The Kier molecular flexibility index (Phi) is 4.15. The van der Waals surface area contributed by atoms with Gasteiger partial charge in [0.05, 0.1) is 13.2 Å². The second-order valence-corrected chi connectivity index (χ2v) is 5.86. The van der Waals surface area contributed by atoms with Crippen LogP contribution in [-0.2, 0) is 4.74 Å². The van der Waals surface area contributed by atoms with E-state index >= 15 is 0 Å². The Morgan fingerprint density at radius 3 is 2.48 bits per heavy atom. The SMILES string of the molecule is N#Cc1n[nH]nc1-c1cccc(-c2ccc(N3CCOCC3)cc2)c1.